The fourth-order valence-electron chi connectivity index (χ4n) is 1.35. The summed E-state index contributed by atoms with van der Waals surface area (Å²) in [6, 6.07) is 2.02. The number of hydrogen-bond acceptors (Lipinski definition) is 2. The monoisotopic (exact) mass is 162 g/mol. The fourth-order valence-corrected chi connectivity index (χ4v) is 1.35. The van der Waals surface area contributed by atoms with Gasteiger partial charge in [-0.3, -0.25) is 4.79 Å². The van der Waals surface area contributed by atoms with Crippen LogP contribution in [0.15, 0.2) is 6.07 Å². The lowest BCUT2D eigenvalue weighted by atomic mass is 10.1. The molecule has 3 nitrogen and oxygen atoms in total. The van der Waals surface area contributed by atoms with Gasteiger partial charge < -0.3 is 5.32 Å². The first-order chi connectivity index (χ1) is 5.66. The number of pyridine rings is 1. The highest BCUT2D eigenvalue weighted by atomic mass is 16.1. The lowest BCUT2D eigenvalue weighted by Crippen LogP contribution is -2.04. The van der Waals surface area contributed by atoms with E-state index in [1.54, 1.807) is 0 Å². The van der Waals surface area contributed by atoms with Crippen LogP contribution in [0.25, 0.3) is 0 Å². The van der Waals surface area contributed by atoms with E-state index in [0.29, 0.717) is 6.42 Å². The number of anilines is 1. The first kappa shape index (κ1) is 7.28. The topological polar surface area (TPSA) is 42.0 Å². The molecule has 0 bridgehead atoms. The van der Waals surface area contributed by atoms with Crippen molar-refractivity contribution in [3.05, 3.63) is 22.9 Å². The average Bonchev–Trinajstić information content (AvgIpc) is 2.30. The predicted molar refractivity (Wildman–Crippen MR) is 46.0 cm³/mol. The predicted octanol–water partition coefficient (Wildman–Crippen LogP) is 1.19. The molecule has 1 aliphatic rings. The van der Waals surface area contributed by atoms with E-state index in [1.807, 2.05) is 19.9 Å². The second kappa shape index (κ2) is 2.30. The standard InChI is InChI=1S/C9H10N2O/c1-5-3-7-4-8(12)11-9(7)10-6(5)2/h3H,4H2,1-2H3,(H,10,11,12). The number of nitrogens with one attached hydrogen (secondary N) is 1. The molecule has 1 N–H and O–H groups in total. The Morgan fingerprint density at radius 2 is 2.25 bits per heavy atom. The number of hydrogen-bond donors (Lipinski definition) is 1. The molecule has 0 aliphatic carbocycles. The largest absolute Gasteiger partial charge is 0.310 e. The van der Waals surface area contributed by atoms with Gasteiger partial charge in [0.1, 0.15) is 5.82 Å². The van der Waals surface area contributed by atoms with Crippen molar-refractivity contribution in [1.29, 1.82) is 0 Å². The Morgan fingerprint density at radius 3 is 3.00 bits per heavy atom. The van der Waals surface area contributed by atoms with Gasteiger partial charge in [-0.2, -0.15) is 0 Å². The molecule has 2 rings (SSSR count). The van der Waals surface area contributed by atoms with Crippen LogP contribution in [0.3, 0.4) is 0 Å². The summed E-state index contributed by atoms with van der Waals surface area (Å²) < 4.78 is 0. The summed E-state index contributed by atoms with van der Waals surface area (Å²) in [6.07, 6.45) is 0.476. The molecule has 1 aromatic heterocycles. The van der Waals surface area contributed by atoms with Crippen molar-refractivity contribution in [1.82, 2.24) is 4.98 Å². The van der Waals surface area contributed by atoms with E-state index in [1.165, 1.54) is 0 Å². The number of fused-ring (bicyclic) bond motifs is 1. The molecule has 2 heterocycles. The smallest absolute Gasteiger partial charge is 0.230 e. The maximum atomic E-state index is 11.0. The molecule has 0 spiro atoms. The van der Waals surface area contributed by atoms with E-state index in [4.69, 9.17) is 0 Å². The van der Waals surface area contributed by atoms with Crippen LogP contribution in [-0.2, 0) is 11.2 Å². The van der Waals surface area contributed by atoms with Gasteiger partial charge in [0, 0.05) is 11.3 Å². The molecule has 1 amide bonds. The number of nitrogens with zero attached hydrogens (tertiary/aromatic N) is 1. The Bertz CT molecular complexity index is 325. The maximum absolute atomic E-state index is 11.0. The summed E-state index contributed by atoms with van der Waals surface area (Å²) in [5.41, 5.74) is 3.14. The summed E-state index contributed by atoms with van der Waals surface area (Å²) in [4.78, 5) is 15.2. The number of carbonyl (C=O) groups excluding carboxylic acids is 1. The summed E-state index contributed by atoms with van der Waals surface area (Å²) in [6.45, 7) is 3.95. The van der Waals surface area contributed by atoms with E-state index >= 15 is 0 Å². The van der Waals surface area contributed by atoms with Gasteiger partial charge in [0.2, 0.25) is 5.91 Å². The van der Waals surface area contributed by atoms with Crippen molar-refractivity contribution in [2.45, 2.75) is 20.3 Å². The molecule has 12 heavy (non-hydrogen) atoms. The zero-order valence-corrected chi connectivity index (χ0v) is 7.14. The van der Waals surface area contributed by atoms with Crippen molar-refractivity contribution in [3.63, 3.8) is 0 Å². The van der Waals surface area contributed by atoms with Gasteiger partial charge in [-0.15, -0.1) is 0 Å². The minimum absolute atomic E-state index is 0.0440. The number of amides is 1. The average molecular weight is 162 g/mol. The van der Waals surface area contributed by atoms with Crippen LogP contribution in [0.1, 0.15) is 16.8 Å². The molecule has 3 heteroatoms. The summed E-state index contributed by atoms with van der Waals surface area (Å²) in [5.74, 6) is 0.783. The van der Waals surface area contributed by atoms with E-state index in [2.05, 4.69) is 10.3 Å². The van der Waals surface area contributed by atoms with E-state index in [-0.39, 0.29) is 5.91 Å². The van der Waals surface area contributed by atoms with Crippen LogP contribution in [0, 0.1) is 13.8 Å². The van der Waals surface area contributed by atoms with Gasteiger partial charge in [0.05, 0.1) is 6.42 Å². The number of aromatic nitrogens is 1. The Morgan fingerprint density at radius 1 is 1.50 bits per heavy atom. The van der Waals surface area contributed by atoms with Gasteiger partial charge in [-0.05, 0) is 19.4 Å². The third-order valence-corrected chi connectivity index (χ3v) is 2.15. The molecule has 1 aliphatic heterocycles. The highest BCUT2D eigenvalue weighted by Crippen LogP contribution is 2.22. The second-order valence-corrected chi connectivity index (χ2v) is 3.12. The van der Waals surface area contributed by atoms with Crippen molar-refractivity contribution in [3.8, 4) is 0 Å². The molecule has 62 valence electrons. The van der Waals surface area contributed by atoms with Gasteiger partial charge in [0.15, 0.2) is 0 Å². The quantitative estimate of drug-likeness (QED) is 0.622. The second-order valence-electron chi connectivity index (χ2n) is 3.12. The lowest BCUT2D eigenvalue weighted by molar-refractivity contribution is -0.115. The first-order valence-corrected chi connectivity index (χ1v) is 3.94. The Balaban J connectivity index is 2.55. The molecular weight excluding hydrogens is 152 g/mol. The van der Waals surface area contributed by atoms with Crippen LogP contribution in [0.5, 0.6) is 0 Å². The van der Waals surface area contributed by atoms with E-state index in [0.717, 1.165) is 22.6 Å². The third-order valence-electron chi connectivity index (χ3n) is 2.15. The highest BCUT2D eigenvalue weighted by Gasteiger charge is 2.19. The molecular formula is C9H10N2O. The number of carbonyl (C=O) groups is 1. The third kappa shape index (κ3) is 0.978. The minimum Gasteiger partial charge on any atom is -0.310 e. The number of rotatable bonds is 0. The highest BCUT2D eigenvalue weighted by molar-refractivity contribution is 5.97. The molecule has 0 radical (unpaired) electrons. The van der Waals surface area contributed by atoms with Gasteiger partial charge in [-0.25, -0.2) is 4.98 Å². The molecule has 1 aromatic rings. The molecule has 0 atom stereocenters. The van der Waals surface area contributed by atoms with Crippen molar-refractivity contribution < 1.29 is 4.79 Å². The van der Waals surface area contributed by atoms with E-state index < -0.39 is 0 Å². The van der Waals surface area contributed by atoms with Crippen LogP contribution in [0.4, 0.5) is 5.82 Å². The number of aryl methyl sites for hydroxylation is 2. The van der Waals surface area contributed by atoms with Crippen molar-refractivity contribution in [2.75, 3.05) is 5.32 Å². The van der Waals surface area contributed by atoms with Gasteiger partial charge in [0.25, 0.3) is 0 Å². The maximum Gasteiger partial charge on any atom is 0.230 e. The summed E-state index contributed by atoms with van der Waals surface area (Å²) in [5, 5.41) is 2.72. The van der Waals surface area contributed by atoms with Crippen molar-refractivity contribution >= 4 is 11.7 Å². The SMILES string of the molecule is Cc1cc2c(nc1C)NC(=O)C2. The normalized spacial score (nSPS) is 14.3. The first-order valence-electron chi connectivity index (χ1n) is 3.94. The lowest BCUT2D eigenvalue weighted by Gasteiger charge is -2.01. The molecule has 0 aromatic carbocycles. The van der Waals surface area contributed by atoms with Gasteiger partial charge >= 0.3 is 0 Å². The Kier molecular flexibility index (Phi) is 1.40. The molecule has 0 saturated heterocycles. The molecule has 0 unspecified atom stereocenters. The molecule has 0 saturated carbocycles. The zero-order valence-electron chi connectivity index (χ0n) is 7.14. The van der Waals surface area contributed by atoms with Gasteiger partial charge in [-0.1, -0.05) is 6.07 Å². The Hall–Kier alpha value is -1.38. The summed E-state index contributed by atoms with van der Waals surface area (Å²) in [7, 11) is 0. The van der Waals surface area contributed by atoms with Crippen LogP contribution in [-0.4, -0.2) is 10.9 Å². The zero-order chi connectivity index (χ0) is 8.72. The van der Waals surface area contributed by atoms with Crippen LogP contribution < -0.4 is 5.32 Å². The summed E-state index contributed by atoms with van der Waals surface area (Å²) >= 11 is 0. The van der Waals surface area contributed by atoms with E-state index in [9.17, 15) is 4.79 Å². The fraction of sp³-hybridized carbons (Fsp3) is 0.333. The Labute approximate surface area is 70.8 Å². The van der Waals surface area contributed by atoms with Crippen LogP contribution >= 0.6 is 0 Å². The molecule has 0 fully saturated rings. The van der Waals surface area contributed by atoms with Crippen LogP contribution in [0.2, 0.25) is 0 Å². The van der Waals surface area contributed by atoms with Crippen molar-refractivity contribution in [2.24, 2.45) is 0 Å². The minimum atomic E-state index is 0.0440.